The Morgan fingerprint density at radius 2 is 1.74 bits per heavy atom. The highest BCUT2D eigenvalue weighted by atomic mass is 16.5. The number of carbonyl (C=O) groups is 1. The molecular weight excluding hydrogens is 450 g/mol. The van der Waals surface area contributed by atoms with Crippen LogP contribution in [0.5, 0.6) is 23.1 Å². The van der Waals surface area contributed by atoms with Gasteiger partial charge >= 0.3 is 0 Å². The first kappa shape index (κ1) is 23.8. The molecule has 2 aromatic heterocycles. The second kappa shape index (κ2) is 11.2. The number of hydrogen-bond acceptors (Lipinski definition) is 8. The fraction of sp³-hybridized carbons (Fsp3) is 0.280. The number of amides is 1. The summed E-state index contributed by atoms with van der Waals surface area (Å²) < 4.78 is 23.6. The number of rotatable bonds is 11. The molecular formula is C25H27N5O5. The predicted octanol–water partition coefficient (Wildman–Crippen LogP) is 2.94. The van der Waals surface area contributed by atoms with E-state index in [0.29, 0.717) is 46.7 Å². The second-order valence-corrected chi connectivity index (χ2v) is 7.52. The van der Waals surface area contributed by atoms with Crippen molar-refractivity contribution in [3.05, 3.63) is 60.2 Å². The second-order valence-electron chi connectivity index (χ2n) is 7.52. The number of carbonyl (C=O) groups excluding carboxylic acids is 1. The van der Waals surface area contributed by atoms with Gasteiger partial charge in [-0.2, -0.15) is 4.52 Å². The molecule has 2 heterocycles. The number of aromatic nitrogens is 4. The van der Waals surface area contributed by atoms with Crippen molar-refractivity contribution in [3.63, 3.8) is 0 Å². The molecule has 35 heavy (non-hydrogen) atoms. The topological polar surface area (TPSA) is 109 Å². The van der Waals surface area contributed by atoms with E-state index in [9.17, 15) is 4.79 Å². The van der Waals surface area contributed by atoms with Crippen molar-refractivity contribution in [2.75, 3.05) is 34.0 Å². The minimum absolute atomic E-state index is 0.0673. The average molecular weight is 478 g/mol. The van der Waals surface area contributed by atoms with Gasteiger partial charge in [-0.1, -0.05) is 19.1 Å². The fourth-order valence-electron chi connectivity index (χ4n) is 3.37. The molecule has 4 aromatic rings. The Balaban J connectivity index is 1.33. The number of hydrogen-bond donors (Lipinski definition) is 1. The van der Waals surface area contributed by atoms with Crippen molar-refractivity contribution in [1.82, 2.24) is 25.1 Å². The van der Waals surface area contributed by atoms with Crippen LogP contribution in [0.1, 0.15) is 12.5 Å². The van der Waals surface area contributed by atoms with Crippen LogP contribution in [-0.4, -0.2) is 59.7 Å². The Hall–Kier alpha value is -4.34. The molecule has 0 unspecified atom stereocenters. The van der Waals surface area contributed by atoms with Crippen molar-refractivity contribution in [1.29, 1.82) is 0 Å². The first-order valence-electron chi connectivity index (χ1n) is 11.2. The molecule has 0 fully saturated rings. The van der Waals surface area contributed by atoms with Crippen LogP contribution in [0.15, 0.2) is 54.6 Å². The molecule has 10 nitrogen and oxygen atoms in total. The number of ether oxygens (including phenoxy) is 4. The summed E-state index contributed by atoms with van der Waals surface area (Å²) in [6, 6.07) is 16.5. The normalized spacial score (nSPS) is 10.7. The maximum Gasteiger partial charge on any atom is 0.258 e. The molecule has 10 heteroatoms. The fourth-order valence-corrected chi connectivity index (χ4v) is 3.37. The maximum atomic E-state index is 12.1. The van der Waals surface area contributed by atoms with E-state index in [1.165, 1.54) is 5.56 Å². The maximum absolute atomic E-state index is 12.1. The monoisotopic (exact) mass is 477 g/mol. The van der Waals surface area contributed by atoms with Crippen LogP contribution in [-0.2, 0) is 11.2 Å². The van der Waals surface area contributed by atoms with Crippen LogP contribution in [0.25, 0.3) is 17.0 Å². The zero-order chi connectivity index (χ0) is 24.6. The molecule has 2 aromatic carbocycles. The molecule has 0 saturated heterocycles. The summed E-state index contributed by atoms with van der Waals surface area (Å²) in [5.74, 6) is 2.54. The van der Waals surface area contributed by atoms with E-state index in [-0.39, 0.29) is 19.1 Å². The summed E-state index contributed by atoms with van der Waals surface area (Å²) in [5, 5.41) is 15.7. The lowest BCUT2D eigenvalue weighted by molar-refractivity contribution is -0.123. The lowest BCUT2D eigenvalue weighted by atomic mass is 10.2. The van der Waals surface area contributed by atoms with Crippen molar-refractivity contribution in [2.45, 2.75) is 13.3 Å². The van der Waals surface area contributed by atoms with E-state index in [2.05, 4.69) is 27.5 Å². The van der Waals surface area contributed by atoms with Gasteiger partial charge in [-0.05, 0) is 48.4 Å². The number of benzene rings is 2. The van der Waals surface area contributed by atoms with Gasteiger partial charge in [0.1, 0.15) is 23.9 Å². The highest BCUT2D eigenvalue weighted by Gasteiger charge is 2.16. The van der Waals surface area contributed by atoms with Gasteiger partial charge in [-0.3, -0.25) is 4.79 Å². The highest BCUT2D eigenvalue weighted by Crippen LogP contribution is 2.32. The van der Waals surface area contributed by atoms with E-state index >= 15 is 0 Å². The number of nitrogens with one attached hydrogen (secondary N) is 1. The molecule has 0 radical (unpaired) electrons. The quantitative estimate of drug-likeness (QED) is 0.329. The number of aryl methyl sites for hydroxylation is 1. The highest BCUT2D eigenvalue weighted by molar-refractivity contribution is 5.77. The summed E-state index contributed by atoms with van der Waals surface area (Å²) >= 11 is 0. The van der Waals surface area contributed by atoms with E-state index < -0.39 is 0 Å². The summed E-state index contributed by atoms with van der Waals surface area (Å²) in [6.07, 6.45) is 0.955. The van der Waals surface area contributed by atoms with Crippen molar-refractivity contribution < 1.29 is 23.7 Å². The molecule has 0 aliphatic carbocycles. The largest absolute Gasteiger partial charge is 0.497 e. The number of nitrogens with zero attached hydrogens (tertiary/aromatic N) is 4. The standard InChI is InChI=1S/C25H27N5O5/c1-4-17-5-7-18(8-6-17)35-16-23(31)26-13-14-34-24-12-11-22-27-28-25(30(22)29-24)20-15-19(32-2)9-10-21(20)33-3/h5-12,15H,4,13-14,16H2,1-3H3,(H,26,31). The number of fused-ring (bicyclic) bond motifs is 1. The van der Waals surface area contributed by atoms with Gasteiger partial charge in [0.2, 0.25) is 5.88 Å². The molecule has 0 aliphatic heterocycles. The minimum atomic E-state index is -0.234. The van der Waals surface area contributed by atoms with Crippen molar-refractivity contribution in [3.8, 4) is 34.5 Å². The first-order chi connectivity index (χ1) is 17.1. The molecule has 182 valence electrons. The van der Waals surface area contributed by atoms with Gasteiger partial charge < -0.3 is 24.3 Å². The Bertz CT molecular complexity index is 1290. The summed E-state index contributed by atoms with van der Waals surface area (Å²) in [5.41, 5.74) is 2.45. The van der Waals surface area contributed by atoms with E-state index in [1.807, 2.05) is 24.3 Å². The zero-order valence-electron chi connectivity index (χ0n) is 19.9. The van der Waals surface area contributed by atoms with Crippen molar-refractivity contribution in [2.24, 2.45) is 0 Å². The molecule has 0 saturated carbocycles. The summed E-state index contributed by atoms with van der Waals surface area (Å²) in [4.78, 5) is 12.1. The molecule has 1 amide bonds. The average Bonchev–Trinajstić information content (AvgIpc) is 3.33. The van der Waals surface area contributed by atoms with Crippen LogP contribution >= 0.6 is 0 Å². The molecule has 0 spiro atoms. The first-order valence-corrected chi connectivity index (χ1v) is 11.2. The van der Waals surface area contributed by atoms with Gasteiger partial charge in [-0.15, -0.1) is 15.3 Å². The molecule has 1 N–H and O–H groups in total. The van der Waals surface area contributed by atoms with Crippen LogP contribution in [0.4, 0.5) is 0 Å². The Kier molecular flexibility index (Phi) is 7.61. The third-order valence-electron chi connectivity index (χ3n) is 5.26. The van der Waals surface area contributed by atoms with Gasteiger partial charge in [-0.25, -0.2) is 0 Å². The van der Waals surface area contributed by atoms with Gasteiger partial charge in [0, 0.05) is 6.07 Å². The van der Waals surface area contributed by atoms with Crippen molar-refractivity contribution >= 4 is 11.6 Å². The minimum Gasteiger partial charge on any atom is -0.497 e. The number of methoxy groups -OCH3 is 2. The summed E-state index contributed by atoms with van der Waals surface area (Å²) in [6.45, 7) is 2.55. The third-order valence-corrected chi connectivity index (χ3v) is 5.26. The van der Waals surface area contributed by atoms with Crippen LogP contribution in [0.2, 0.25) is 0 Å². The molecule has 0 aliphatic rings. The third kappa shape index (κ3) is 5.78. The van der Waals surface area contributed by atoms with Gasteiger partial charge in [0.25, 0.3) is 5.91 Å². The van der Waals surface area contributed by atoms with E-state index in [4.69, 9.17) is 18.9 Å². The van der Waals surface area contributed by atoms with Crippen LogP contribution in [0.3, 0.4) is 0 Å². The smallest absolute Gasteiger partial charge is 0.258 e. The molecule has 4 rings (SSSR count). The lowest BCUT2D eigenvalue weighted by Crippen LogP contribution is -2.32. The molecule has 0 bridgehead atoms. The Morgan fingerprint density at radius 3 is 2.49 bits per heavy atom. The van der Waals surface area contributed by atoms with Crippen LogP contribution < -0.4 is 24.3 Å². The zero-order valence-corrected chi connectivity index (χ0v) is 19.9. The Morgan fingerprint density at radius 1 is 0.943 bits per heavy atom. The molecule has 0 atom stereocenters. The predicted molar refractivity (Wildman–Crippen MR) is 129 cm³/mol. The van der Waals surface area contributed by atoms with E-state index in [0.717, 1.165) is 6.42 Å². The Labute approximate surface area is 202 Å². The SMILES string of the molecule is CCc1ccc(OCC(=O)NCCOc2ccc3nnc(-c4cc(OC)ccc4OC)n3n2)cc1. The van der Waals surface area contributed by atoms with Gasteiger partial charge in [0.15, 0.2) is 18.1 Å². The lowest BCUT2D eigenvalue weighted by Gasteiger charge is -2.10. The summed E-state index contributed by atoms with van der Waals surface area (Å²) in [7, 11) is 3.17. The van der Waals surface area contributed by atoms with E-state index in [1.54, 1.807) is 49.1 Å². The van der Waals surface area contributed by atoms with Gasteiger partial charge in [0.05, 0.1) is 26.3 Å². The van der Waals surface area contributed by atoms with Crippen LogP contribution in [0, 0.1) is 0 Å².